The molecule has 1 saturated heterocycles. The number of hydrogen-bond donors (Lipinski definition) is 3. The summed E-state index contributed by atoms with van der Waals surface area (Å²) in [4.78, 5) is 13.4. The first-order valence-corrected chi connectivity index (χ1v) is 7.46. The fraction of sp³-hybridized carbons (Fsp3) is 0.455. The molecule has 0 saturated carbocycles. The molecule has 4 N–H and O–H groups in total. The number of aliphatic hydroxyl groups is 2. The Morgan fingerprint density at radius 1 is 1.42 bits per heavy atom. The van der Waals surface area contributed by atoms with Crippen LogP contribution in [0.1, 0.15) is 5.56 Å². The van der Waals surface area contributed by atoms with Gasteiger partial charge in [0.05, 0.1) is 23.4 Å². The highest BCUT2D eigenvalue weighted by Crippen LogP contribution is 2.47. The molecule has 0 radical (unpaired) electrons. The molecule has 2 aromatic rings. The third-order valence-electron chi connectivity index (χ3n) is 3.93. The lowest BCUT2D eigenvalue weighted by atomic mass is 9.84. The van der Waals surface area contributed by atoms with Crippen LogP contribution in [-0.4, -0.2) is 45.2 Å². The Kier molecular flexibility index (Phi) is 3.89. The molecule has 0 spiro atoms. The molecule has 3 heterocycles. The lowest BCUT2D eigenvalue weighted by Crippen LogP contribution is -2.48. The first kappa shape index (κ1) is 16.2. The van der Waals surface area contributed by atoms with Crippen LogP contribution in [0, 0.1) is 0 Å². The number of nitrogens with two attached hydrogens (primary N) is 1. The number of anilines is 1. The number of aromatic nitrogens is 2. The molecule has 12 nitrogen and oxygen atoms in total. The lowest BCUT2D eigenvalue weighted by molar-refractivity contribution is -0.0878. The van der Waals surface area contributed by atoms with Crippen molar-refractivity contribution in [3.8, 4) is 0 Å². The molecule has 3 atom stereocenters. The molecule has 0 amide bonds. The van der Waals surface area contributed by atoms with Crippen LogP contribution in [0.5, 0.6) is 0 Å². The van der Waals surface area contributed by atoms with Gasteiger partial charge in [0.2, 0.25) is 0 Å². The molecule has 3 rings (SSSR count). The number of hydrogen-bond acceptors (Lipinski definition) is 9. The smallest absolute Gasteiger partial charge is 0.196 e. The zero-order valence-electron chi connectivity index (χ0n) is 12.0. The van der Waals surface area contributed by atoms with E-state index < -0.39 is 24.0 Å². The van der Waals surface area contributed by atoms with Gasteiger partial charge in [0.25, 0.3) is 0 Å². The van der Waals surface area contributed by atoms with Gasteiger partial charge in [-0.2, -0.15) is 0 Å². The van der Waals surface area contributed by atoms with Crippen molar-refractivity contribution in [3.05, 3.63) is 38.2 Å². The van der Waals surface area contributed by atoms with Crippen LogP contribution < -0.4 is 5.73 Å². The predicted octanol–water partition coefficient (Wildman–Crippen LogP) is 1.17. The maximum atomic E-state index is 10.7. The van der Waals surface area contributed by atoms with E-state index in [-0.39, 0.29) is 12.4 Å². The highest BCUT2D eigenvalue weighted by Gasteiger charge is 2.59. The van der Waals surface area contributed by atoms with Crippen LogP contribution in [-0.2, 0) is 10.3 Å². The second-order valence-electron chi connectivity index (χ2n) is 5.08. The van der Waals surface area contributed by atoms with Gasteiger partial charge in [0.1, 0.15) is 23.8 Å². The molecule has 0 bridgehead atoms. The average Bonchev–Trinajstić information content (AvgIpc) is 3.12. The third kappa shape index (κ3) is 2.05. The zero-order chi connectivity index (χ0) is 17.4. The minimum absolute atomic E-state index is 0.240. The first-order valence-electron chi connectivity index (χ1n) is 6.58. The van der Waals surface area contributed by atoms with Crippen molar-refractivity contribution >= 4 is 27.4 Å². The maximum absolute atomic E-state index is 10.7. The second kappa shape index (κ2) is 5.76. The maximum Gasteiger partial charge on any atom is 0.196 e. The van der Waals surface area contributed by atoms with Gasteiger partial charge in [-0.15, -0.1) is 11.3 Å². The minimum Gasteiger partial charge on any atom is -0.393 e. The Morgan fingerprint density at radius 3 is 2.83 bits per heavy atom. The second-order valence-corrected chi connectivity index (χ2v) is 5.96. The van der Waals surface area contributed by atoms with Crippen LogP contribution in [0.4, 0.5) is 5.82 Å². The van der Waals surface area contributed by atoms with Gasteiger partial charge in [-0.1, -0.05) is 10.2 Å². The standard InChI is InChI=1S/C11H11N9O3S/c12-8-7-6(15-4-16-8)5(1-24-7)10(17-19-13)3-23-11(2-21,9(10)22)18-20-14/h1,4,9,21-22H,2-3H2,(H2,12,15,16)/t9-,10+,11?/m0/s1. The fourth-order valence-electron chi connectivity index (χ4n) is 2.71. The molecule has 0 aliphatic carbocycles. The molecular formula is C11H11N9O3S. The summed E-state index contributed by atoms with van der Waals surface area (Å²) < 4.78 is 5.91. The molecule has 1 fully saturated rings. The van der Waals surface area contributed by atoms with Crippen molar-refractivity contribution in [1.29, 1.82) is 0 Å². The number of fused-ring (bicyclic) bond motifs is 1. The van der Waals surface area contributed by atoms with Gasteiger partial charge in [-0.05, 0) is 16.4 Å². The third-order valence-corrected chi connectivity index (χ3v) is 4.92. The molecule has 24 heavy (non-hydrogen) atoms. The number of rotatable bonds is 4. The number of nitrogens with zero attached hydrogens (tertiary/aromatic N) is 8. The summed E-state index contributed by atoms with van der Waals surface area (Å²) in [5.74, 6) is 0.240. The summed E-state index contributed by atoms with van der Waals surface area (Å²) in [6.07, 6.45) is -0.386. The lowest BCUT2D eigenvalue weighted by Gasteiger charge is -2.30. The van der Waals surface area contributed by atoms with Crippen LogP contribution >= 0.6 is 11.3 Å². The highest BCUT2D eigenvalue weighted by molar-refractivity contribution is 7.18. The summed E-state index contributed by atoms with van der Waals surface area (Å²) in [7, 11) is 0. The van der Waals surface area contributed by atoms with Gasteiger partial charge in [-0.3, -0.25) is 0 Å². The summed E-state index contributed by atoms with van der Waals surface area (Å²) in [5.41, 5.74) is 20.6. The normalized spacial score (nSPS) is 29.2. The molecule has 1 aliphatic heterocycles. The Hall–Kier alpha value is -2.66. The van der Waals surface area contributed by atoms with Gasteiger partial charge in [0, 0.05) is 15.4 Å². The number of aliphatic hydroxyl groups excluding tert-OH is 2. The van der Waals surface area contributed by atoms with Crippen molar-refractivity contribution in [2.45, 2.75) is 17.4 Å². The number of thiophene rings is 1. The van der Waals surface area contributed by atoms with E-state index in [1.165, 1.54) is 17.7 Å². The van der Waals surface area contributed by atoms with Crippen LogP contribution in [0.15, 0.2) is 21.9 Å². The number of azide groups is 2. The topological polar surface area (TPSA) is 199 Å². The number of nitrogen functional groups attached to an aromatic ring is 1. The highest BCUT2D eigenvalue weighted by atomic mass is 32.1. The van der Waals surface area contributed by atoms with Crippen molar-refractivity contribution in [3.63, 3.8) is 0 Å². The molecular weight excluding hydrogens is 338 g/mol. The van der Waals surface area contributed by atoms with Crippen LogP contribution in [0.3, 0.4) is 0 Å². The Bertz CT molecular complexity index is 890. The fourth-order valence-corrected chi connectivity index (χ4v) is 3.71. The average molecular weight is 349 g/mol. The molecule has 2 aromatic heterocycles. The van der Waals surface area contributed by atoms with E-state index in [0.717, 1.165) is 0 Å². The molecule has 1 unspecified atom stereocenters. The number of ether oxygens (including phenoxy) is 1. The Balaban J connectivity index is 2.25. The van der Waals surface area contributed by atoms with Gasteiger partial charge in [-0.25, -0.2) is 9.97 Å². The van der Waals surface area contributed by atoms with Crippen LogP contribution in [0.2, 0.25) is 0 Å². The SMILES string of the molecule is [N-]=[N+]=NC1(CO)OC[C@@](N=[N+]=[N-])(c2csc3c(N)ncnc23)[C@@H]1O. The monoisotopic (exact) mass is 349 g/mol. The molecule has 1 aliphatic rings. The van der Waals surface area contributed by atoms with Crippen molar-refractivity contribution in [1.82, 2.24) is 9.97 Å². The Labute approximate surface area is 137 Å². The van der Waals surface area contributed by atoms with E-state index in [0.29, 0.717) is 15.8 Å². The Morgan fingerprint density at radius 2 is 2.17 bits per heavy atom. The largest absolute Gasteiger partial charge is 0.393 e. The van der Waals surface area contributed by atoms with Crippen molar-refractivity contribution in [2.75, 3.05) is 18.9 Å². The summed E-state index contributed by atoms with van der Waals surface area (Å²) in [5, 5.41) is 28.9. The van der Waals surface area contributed by atoms with E-state index in [4.69, 9.17) is 21.5 Å². The van der Waals surface area contributed by atoms with Gasteiger partial charge < -0.3 is 20.7 Å². The zero-order valence-corrected chi connectivity index (χ0v) is 12.8. The summed E-state index contributed by atoms with van der Waals surface area (Å²) >= 11 is 1.21. The van der Waals surface area contributed by atoms with Crippen LogP contribution in [0.25, 0.3) is 31.1 Å². The summed E-state index contributed by atoms with van der Waals surface area (Å²) in [6.45, 7) is -1.10. The molecule has 13 heteroatoms. The predicted molar refractivity (Wildman–Crippen MR) is 83.6 cm³/mol. The van der Waals surface area contributed by atoms with Gasteiger partial charge in [0.15, 0.2) is 5.72 Å². The van der Waals surface area contributed by atoms with Gasteiger partial charge >= 0.3 is 0 Å². The van der Waals surface area contributed by atoms with E-state index in [1.807, 2.05) is 0 Å². The van der Waals surface area contributed by atoms with Crippen molar-refractivity contribution < 1.29 is 14.9 Å². The molecule has 0 aromatic carbocycles. The molecule has 124 valence electrons. The van der Waals surface area contributed by atoms with E-state index in [2.05, 4.69) is 30.0 Å². The quantitative estimate of drug-likeness (QED) is 0.420. The minimum atomic E-state index is -1.96. The van der Waals surface area contributed by atoms with E-state index in [1.54, 1.807) is 5.38 Å². The van der Waals surface area contributed by atoms with E-state index >= 15 is 0 Å². The van der Waals surface area contributed by atoms with E-state index in [9.17, 15) is 10.2 Å². The summed E-state index contributed by atoms with van der Waals surface area (Å²) in [6, 6.07) is 0. The first-order chi connectivity index (χ1) is 11.5. The van der Waals surface area contributed by atoms with Crippen molar-refractivity contribution in [2.24, 2.45) is 10.2 Å².